The summed E-state index contributed by atoms with van der Waals surface area (Å²) in [5.74, 6) is 0.947. The second-order valence-electron chi connectivity index (χ2n) is 5.14. The largest absolute Gasteiger partial charge is 0.459 e. The van der Waals surface area contributed by atoms with Crippen LogP contribution in [0.25, 0.3) is 0 Å². The summed E-state index contributed by atoms with van der Waals surface area (Å²) in [5.41, 5.74) is 0.352. The fourth-order valence-corrected chi connectivity index (χ4v) is 2.55. The molecule has 0 aliphatic heterocycles. The highest BCUT2D eigenvalue weighted by Gasteiger charge is 2.27. The first-order chi connectivity index (χ1) is 8.58. The van der Waals surface area contributed by atoms with Crippen molar-refractivity contribution in [1.82, 2.24) is 4.98 Å². The van der Waals surface area contributed by atoms with Gasteiger partial charge in [-0.05, 0) is 43.2 Å². The second kappa shape index (κ2) is 5.70. The Morgan fingerprint density at radius 3 is 2.83 bits per heavy atom. The van der Waals surface area contributed by atoms with Gasteiger partial charge in [0.2, 0.25) is 0 Å². The van der Waals surface area contributed by atoms with Gasteiger partial charge < -0.3 is 4.74 Å². The molecule has 98 valence electrons. The van der Waals surface area contributed by atoms with Crippen molar-refractivity contribution < 1.29 is 9.53 Å². The molecule has 1 fully saturated rings. The van der Waals surface area contributed by atoms with Gasteiger partial charge in [-0.2, -0.15) is 0 Å². The van der Waals surface area contributed by atoms with Crippen LogP contribution in [0.15, 0.2) is 18.3 Å². The Bertz CT molecular complexity index is 436. The molecule has 0 spiro atoms. The number of hydrogen-bond acceptors (Lipinski definition) is 3. The predicted molar refractivity (Wildman–Crippen MR) is 70.6 cm³/mol. The van der Waals surface area contributed by atoms with Gasteiger partial charge in [-0.25, -0.2) is 9.78 Å². The monoisotopic (exact) mass is 267 g/mol. The summed E-state index contributed by atoms with van der Waals surface area (Å²) in [6.45, 7) is 4.46. The van der Waals surface area contributed by atoms with Gasteiger partial charge in [0.05, 0.1) is 5.56 Å². The van der Waals surface area contributed by atoms with Gasteiger partial charge in [0, 0.05) is 6.20 Å². The summed E-state index contributed by atoms with van der Waals surface area (Å²) in [4.78, 5) is 15.9. The predicted octanol–water partition coefficient (Wildman–Crippen LogP) is 3.72. The van der Waals surface area contributed by atoms with Crippen molar-refractivity contribution in [3.05, 3.63) is 29.0 Å². The van der Waals surface area contributed by atoms with Gasteiger partial charge in [0.25, 0.3) is 0 Å². The maximum absolute atomic E-state index is 12.0. The van der Waals surface area contributed by atoms with Gasteiger partial charge >= 0.3 is 5.97 Å². The number of nitrogens with zero attached hydrogens (tertiary/aromatic N) is 1. The van der Waals surface area contributed by atoms with E-state index < -0.39 is 0 Å². The van der Waals surface area contributed by atoms with Crippen molar-refractivity contribution in [2.75, 3.05) is 0 Å². The molecule has 0 radical (unpaired) electrons. The molecule has 1 saturated carbocycles. The van der Waals surface area contributed by atoms with Crippen molar-refractivity contribution in [3.8, 4) is 0 Å². The minimum Gasteiger partial charge on any atom is -0.459 e. The van der Waals surface area contributed by atoms with Gasteiger partial charge in [0.15, 0.2) is 0 Å². The van der Waals surface area contributed by atoms with E-state index in [2.05, 4.69) is 18.8 Å². The van der Waals surface area contributed by atoms with Crippen molar-refractivity contribution in [2.45, 2.75) is 39.2 Å². The molecule has 1 heterocycles. The molecule has 0 N–H and O–H groups in total. The average Bonchev–Trinajstić information content (AvgIpc) is 2.34. The standard InChI is InChI=1S/C14H18ClNO2/c1-9-5-6-11(8-10(9)2)18-14(17)12-4-3-7-16-13(12)15/h3-4,7,9-11H,5-6,8H2,1-2H3. The third-order valence-corrected chi connectivity index (χ3v) is 4.10. The van der Waals surface area contributed by atoms with Crippen LogP contribution >= 0.6 is 11.6 Å². The highest BCUT2D eigenvalue weighted by atomic mass is 35.5. The second-order valence-corrected chi connectivity index (χ2v) is 5.49. The van der Waals surface area contributed by atoms with E-state index in [1.165, 1.54) is 0 Å². The summed E-state index contributed by atoms with van der Waals surface area (Å²) < 4.78 is 5.51. The smallest absolute Gasteiger partial charge is 0.341 e. The molecule has 1 aliphatic rings. The van der Waals surface area contributed by atoms with Crippen LogP contribution in [0.2, 0.25) is 5.15 Å². The Morgan fingerprint density at radius 2 is 2.17 bits per heavy atom. The number of hydrogen-bond donors (Lipinski definition) is 0. The number of halogens is 1. The van der Waals surface area contributed by atoms with Crippen molar-refractivity contribution in [1.29, 1.82) is 0 Å². The van der Waals surface area contributed by atoms with Crippen LogP contribution in [0.4, 0.5) is 0 Å². The van der Waals surface area contributed by atoms with E-state index in [-0.39, 0.29) is 17.2 Å². The zero-order chi connectivity index (χ0) is 13.1. The van der Waals surface area contributed by atoms with Gasteiger partial charge in [-0.15, -0.1) is 0 Å². The molecule has 0 amide bonds. The van der Waals surface area contributed by atoms with Crippen LogP contribution < -0.4 is 0 Å². The molecule has 0 bridgehead atoms. The van der Waals surface area contributed by atoms with Crippen LogP contribution in [-0.4, -0.2) is 17.1 Å². The molecule has 3 nitrogen and oxygen atoms in total. The molecule has 0 saturated heterocycles. The lowest BCUT2D eigenvalue weighted by Crippen LogP contribution is -2.28. The molecule has 1 aromatic rings. The van der Waals surface area contributed by atoms with Gasteiger partial charge in [0.1, 0.15) is 11.3 Å². The lowest BCUT2D eigenvalue weighted by Gasteiger charge is -2.31. The van der Waals surface area contributed by atoms with Crippen molar-refractivity contribution in [3.63, 3.8) is 0 Å². The number of carbonyl (C=O) groups excluding carboxylic acids is 1. The maximum Gasteiger partial charge on any atom is 0.341 e. The molecule has 18 heavy (non-hydrogen) atoms. The van der Waals surface area contributed by atoms with E-state index >= 15 is 0 Å². The van der Waals surface area contributed by atoms with Gasteiger partial charge in [-0.1, -0.05) is 25.4 Å². The Morgan fingerprint density at radius 1 is 1.39 bits per heavy atom. The quantitative estimate of drug-likeness (QED) is 0.606. The first kappa shape index (κ1) is 13.3. The summed E-state index contributed by atoms with van der Waals surface area (Å²) >= 11 is 5.88. The van der Waals surface area contributed by atoms with Crippen LogP contribution in [0, 0.1) is 11.8 Å². The molecular formula is C14H18ClNO2. The summed E-state index contributed by atoms with van der Waals surface area (Å²) in [6, 6.07) is 3.33. The maximum atomic E-state index is 12.0. The van der Waals surface area contributed by atoms with E-state index in [4.69, 9.17) is 16.3 Å². The van der Waals surface area contributed by atoms with E-state index in [0.717, 1.165) is 19.3 Å². The van der Waals surface area contributed by atoms with Crippen LogP contribution in [0.1, 0.15) is 43.5 Å². The first-order valence-electron chi connectivity index (χ1n) is 6.39. The molecule has 2 rings (SSSR count). The average molecular weight is 268 g/mol. The fourth-order valence-electron chi connectivity index (χ4n) is 2.36. The van der Waals surface area contributed by atoms with Gasteiger partial charge in [-0.3, -0.25) is 0 Å². The fraction of sp³-hybridized carbons (Fsp3) is 0.571. The Hall–Kier alpha value is -1.09. The Kier molecular flexibility index (Phi) is 4.23. The highest BCUT2D eigenvalue weighted by molar-refractivity contribution is 6.32. The highest BCUT2D eigenvalue weighted by Crippen LogP contribution is 2.31. The Labute approximate surface area is 113 Å². The lowest BCUT2D eigenvalue weighted by molar-refractivity contribution is 0.00877. The molecular weight excluding hydrogens is 250 g/mol. The van der Waals surface area contributed by atoms with Crippen molar-refractivity contribution in [2.24, 2.45) is 11.8 Å². The van der Waals surface area contributed by atoms with Crippen LogP contribution in [0.5, 0.6) is 0 Å². The zero-order valence-electron chi connectivity index (χ0n) is 10.7. The third-order valence-electron chi connectivity index (χ3n) is 3.80. The SMILES string of the molecule is CC1CCC(OC(=O)c2cccnc2Cl)CC1C. The topological polar surface area (TPSA) is 39.2 Å². The molecule has 1 aromatic heterocycles. The first-order valence-corrected chi connectivity index (χ1v) is 6.77. The summed E-state index contributed by atoms with van der Waals surface area (Å²) in [6.07, 6.45) is 4.56. The number of esters is 1. The third kappa shape index (κ3) is 3.02. The molecule has 1 aliphatic carbocycles. The molecule has 3 unspecified atom stereocenters. The zero-order valence-corrected chi connectivity index (χ0v) is 11.5. The van der Waals surface area contributed by atoms with Crippen LogP contribution in [0.3, 0.4) is 0 Å². The summed E-state index contributed by atoms with van der Waals surface area (Å²) in [7, 11) is 0. The normalized spacial score (nSPS) is 27.8. The minimum atomic E-state index is -0.361. The number of rotatable bonds is 2. The van der Waals surface area contributed by atoms with E-state index in [1.807, 2.05) is 0 Å². The molecule has 0 aromatic carbocycles. The number of aromatic nitrogens is 1. The van der Waals surface area contributed by atoms with E-state index in [1.54, 1.807) is 18.3 Å². The van der Waals surface area contributed by atoms with Crippen molar-refractivity contribution >= 4 is 17.6 Å². The Balaban J connectivity index is 1.98. The van der Waals surface area contributed by atoms with E-state index in [9.17, 15) is 4.79 Å². The van der Waals surface area contributed by atoms with E-state index in [0.29, 0.717) is 17.4 Å². The summed E-state index contributed by atoms with van der Waals surface area (Å²) in [5, 5.41) is 0.208. The minimum absolute atomic E-state index is 0.0139. The number of pyridine rings is 1. The number of carbonyl (C=O) groups is 1. The number of ether oxygens (including phenoxy) is 1. The molecule has 3 atom stereocenters. The lowest BCUT2D eigenvalue weighted by atomic mass is 9.80. The van der Waals surface area contributed by atoms with Crippen LogP contribution in [-0.2, 0) is 4.74 Å². The molecule has 4 heteroatoms.